The molecule has 11 heteroatoms. The van der Waals surface area contributed by atoms with Crippen molar-refractivity contribution in [2.24, 2.45) is 0 Å². The standard InChI is InChI=1S/C18H21N3O8/c1-28-15(23)9-12(10-3-5-11(6-4-10)21(26)27)16(18(25)29-2)20-17(24)13-7-8-14(22)19-13/h3-6,12-13,16H,7-9H2,1-2H3,(H,19,22)(H,20,24)/t12-,13-,16-/m1/s1. The number of nitro groups is 1. The van der Waals surface area contributed by atoms with E-state index in [1.54, 1.807) is 0 Å². The first-order valence-electron chi connectivity index (χ1n) is 8.75. The number of esters is 2. The molecule has 1 aromatic rings. The predicted octanol–water partition coefficient (Wildman–Crippen LogP) is 0.178. The molecular weight excluding hydrogens is 386 g/mol. The fourth-order valence-electron chi connectivity index (χ4n) is 3.05. The van der Waals surface area contributed by atoms with Gasteiger partial charge in [-0.05, 0) is 12.0 Å². The summed E-state index contributed by atoms with van der Waals surface area (Å²) in [6, 6.07) is 3.17. The smallest absolute Gasteiger partial charge is 0.329 e. The number of nitrogens with one attached hydrogen (secondary N) is 2. The van der Waals surface area contributed by atoms with Gasteiger partial charge in [-0.1, -0.05) is 12.1 Å². The van der Waals surface area contributed by atoms with Crippen LogP contribution in [-0.2, 0) is 28.7 Å². The molecule has 1 aliphatic rings. The molecule has 1 heterocycles. The molecule has 0 aliphatic carbocycles. The molecule has 2 N–H and O–H groups in total. The van der Waals surface area contributed by atoms with Crippen LogP contribution in [0.5, 0.6) is 0 Å². The Kier molecular flexibility index (Phi) is 7.23. The van der Waals surface area contributed by atoms with Gasteiger partial charge in [0.05, 0.1) is 25.6 Å². The number of amides is 2. The Morgan fingerprint density at radius 3 is 2.38 bits per heavy atom. The van der Waals surface area contributed by atoms with E-state index in [0.29, 0.717) is 5.56 Å². The van der Waals surface area contributed by atoms with Gasteiger partial charge in [-0.3, -0.25) is 24.5 Å². The minimum atomic E-state index is -1.27. The number of nitro benzene ring substituents is 1. The third-order valence-corrected chi connectivity index (χ3v) is 4.61. The highest BCUT2D eigenvalue weighted by atomic mass is 16.6. The lowest BCUT2D eigenvalue weighted by Crippen LogP contribution is -2.51. The highest BCUT2D eigenvalue weighted by molar-refractivity contribution is 5.93. The van der Waals surface area contributed by atoms with Crippen LogP contribution < -0.4 is 10.6 Å². The number of benzene rings is 1. The number of carbonyl (C=O) groups excluding carboxylic acids is 4. The molecule has 1 aromatic carbocycles. The molecule has 29 heavy (non-hydrogen) atoms. The highest BCUT2D eigenvalue weighted by Gasteiger charge is 2.37. The number of non-ortho nitro benzene ring substituents is 1. The van der Waals surface area contributed by atoms with Crippen LogP contribution in [0, 0.1) is 10.1 Å². The molecule has 1 fully saturated rings. The second-order valence-electron chi connectivity index (χ2n) is 6.40. The summed E-state index contributed by atoms with van der Waals surface area (Å²) < 4.78 is 9.45. The first-order chi connectivity index (χ1) is 13.8. The van der Waals surface area contributed by atoms with Gasteiger partial charge < -0.3 is 20.1 Å². The summed E-state index contributed by atoms with van der Waals surface area (Å²) in [5.74, 6) is -3.23. The summed E-state index contributed by atoms with van der Waals surface area (Å²) in [5.41, 5.74) is 0.227. The monoisotopic (exact) mass is 407 g/mol. The van der Waals surface area contributed by atoms with E-state index < -0.39 is 40.8 Å². The largest absolute Gasteiger partial charge is 0.469 e. The zero-order chi connectivity index (χ0) is 21.6. The van der Waals surface area contributed by atoms with E-state index in [4.69, 9.17) is 4.74 Å². The van der Waals surface area contributed by atoms with E-state index in [2.05, 4.69) is 15.4 Å². The normalized spacial score (nSPS) is 17.6. The summed E-state index contributed by atoms with van der Waals surface area (Å²) in [7, 11) is 2.30. The molecule has 0 aromatic heterocycles. The van der Waals surface area contributed by atoms with Crippen LogP contribution in [0.4, 0.5) is 5.69 Å². The highest BCUT2D eigenvalue weighted by Crippen LogP contribution is 2.27. The topological polar surface area (TPSA) is 154 Å². The average molecular weight is 407 g/mol. The van der Waals surface area contributed by atoms with Gasteiger partial charge in [-0.25, -0.2) is 4.79 Å². The Bertz CT molecular complexity index is 808. The average Bonchev–Trinajstić information content (AvgIpc) is 3.16. The van der Waals surface area contributed by atoms with Crippen molar-refractivity contribution in [1.29, 1.82) is 0 Å². The molecule has 2 rings (SSSR count). The minimum absolute atomic E-state index is 0.169. The van der Waals surface area contributed by atoms with Gasteiger partial charge in [0.25, 0.3) is 5.69 Å². The Hall–Kier alpha value is -3.50. The van der Waals surface area contributed by atoms with Gasteiger partial charge in [-0.2, -0.15) is 0 Å². The molecule has 156 valence electrons. The molecule has 0 bridgehead atoms. The van der Waals surface area contributed by atoms with Crippen LogP contribution in [0.1, 0.15) is 30.7 Å². The molecule has 0 saturated carbocycles. The lowest BCUT2D eigenvalue weighted by molar-refractivity contribution is -0.384. The Morgan fingerprint density at radius 2 is 1.90 bits per heavy atom. The van der Waals surface area contributed by atoms with Crippen LogP contribution in [0.2, 0.25) is 0 Å². The van der Waals surface area contributed by atoms with Crippen molar-refractivity contribution >= 4 is 29.4 Å². The van der Waals surface area contributed by atoms with Gasteiger partial charge in [-0.15, -0.1) is 0 Å². The van der Waals surface area contributed by atoms with Crippen molar-refractivity contribution in [3.8, 4) is 0 Å². The van der Waals surface area contributed by atoms with E-state index in [9.17, 15) is 29.3 Å². The Balaban J connectivity index is 2.34. The number of hydrogen-bond donors (Lipinski definition) is 2. The number of methoxy groups -OCH3 is 2. The van der Waals surface area contributed by atoms with Crippen LogP contribution in [0.15, 0.2) is 24.3 Å². The van der Waals surface area contributed by atoms with E-state index in [0.717, 1.165) is 7.11 Å². The Labute approximate surface area is 165 Å². The lowest BCUT2D eigenvalue weighted by Gasteiger charge is -2.27. The number of hydrogen-bond acceptors (Lipinski definition) is 8. The van der Waals surface area contributed by atoms with Crippen molar-refractivity contribution in [1.82, 2.24) is 10.6 Å². The molecule has 0 spiro atoms. The Morgan fingerprint density at radius 1 is 1.24 bits per heavy atom. The number of rotatable bonds is 8. The second-order valence-corrected chi connectivity index (χ2v) is 6.40. The molecule has 0 radical (unpaired) electrons. The van der Waals surface area contributed by atoms with Crippen LogP contribution in [0.25, 0.3) is 0 Å². The van der Waals surface area contributed by atoms with Crippen molar-refractivity contribution < 1.29 is 33.6 Å². The maximum atomic E-state index is 12.5. The first kappa shape index (κ1) is 21.8. The van der Waals surface area contributed by atoms with E-state index in [1.165, 1.54) is 31.4 Å². The number of carbonyl (C=O) groups is 4. The molecule has 0 unspecified atom stereocenters. The summed E-state index contributed by atoms with van der Waals surface area (Å²) in [6.45, 7) is 0. The third kappa shape index (κ3) is 5.50. The number of nitrogens with zero attached hydrogens (tertiary/aromatic N) is 1. The molecule has 2 amide bonds. The zero-order valence-corrected chi connectivity index (χ0v) is 15.9. The SMILES string of the molecule is COC(=O)C[C@H](c1ccc([N+](=O)[O-])cc1)[C@@H](NC(=O)[C@H]1CCC(=O)N1)C(=O)OC. The molecular formula is C18H21N3O8. The summed E-state index contributed by atoms with van der Waals surface area (Å²) in [4.78, 5) is 58.5. The van der Waals surface area contributed by atoms with Gasteiger partial charge in [0, 0.05) is 24.5 Å². The van der Waals surface area contributed by atoms with Crippen molar-refractivity contribution in [2.75, 3.05) is 14.2 Å². The van der Waals surface area contributed by atoms with Crippen LogP contribution in [-0.4, -0.2) is 55.0 Å². The fourth-order valence-corrected chi connectivity index (χ4v) is 3.05. The molecule has 11 nitrogen and oxygen atoms in total. The van der Waals surface area contributed by atoms with Gasteiger partial charge >= 0.3 is 11.9 Å². The first-order valence-corrected chi connectivity index (χ1v) is 8.75. The molecule has 1 saturated heterocycles. The second kappa shape index (κ2) is 9.62. The van der Waals surface area contributed by atoms with Crippen LogP contribution >= 0.6 is 0 Å². The maximum absolute atomic E-state index is 12.5. The summed E-state index contributed by atoms with van der Waals surface area (Å²) in [5, 5.41) is 15.9. The summed E-state index contributed by atoms with van der Waals surface area (Å²) in [6.07, 6.45) is 0.179. The van der Waals surface area contributed by atoms with E-state index >= 15 is 0 Å². The summed E-state index contributed by atoms with van der Waals surface area (Å²) >= 11 is 0. The maximum Gasteiger partial charge on any atom is 0.329 e. The number of ether oxygens (including phenoxy) is 2. The predicted molar refractivity (Wildman–Crippen MR) is 97.6 cm³/mol. The minimum Gasteiger partial charge on any atom is -0.469 e. The van der Waals surface area contributed by atoms with E-state index in [1.807, 2.05) is 0 Å². The van der Waals surface area contributed by atoms with Gasteiger partial charge in [0.15, 0.2) is 0 Å². The van der Waals surface area contributed by atoms with Gasteiger partial charge in [0.2, 0.25) is 11.8 Å². The molecule has 3 atom stereocenters. The van der Waals surface area contributed by atoms with Crippen LogP contribution in [0.3, 0.4) is 0 Å². The third-order valence-electron chi connectivity index (χ3n) is 4.61. The quantitative estimate of drug-likeness (QED) is 0.351. The molecule has 1 aliphatic heterocycles. The fraction of sp³-hybridized carbons (Fsp3) is 0.444. The van der Waals surface area contributed by atoms with Gasteiger partial charge in [0.1, 0.15) is 12.1 Å². The zero-order valence-electron chi connectivity index (χ0n) is 15.9. The van der Waals surface area contributed by atoms with Crippen molar-refractivity contribution in [3.63, 3.8) is 0 Å². The lowest BCUT2D eigenvalue weighted by atomic mass is 9.88. The van der Waals surface area contributed by atoms with Crippen molar-refractivity contribution in [3.05, 3.63) is 39.9 Å². The van der Waals surface area contributed by atoms with Crippen molar-refractivity contribution in [2.45, 2.75) is 37.3 Å². The van der Waals surface area contributed by atoms with E-state index in [-0.39, 0.29) is 30.9 Å².